The molecule has 0 atom stereocenters. The van der Waals surface area contributed by atoms with Crippen molar-refractivity contribution >= 4 is 33.3 Å². The van der Waals surface area contributed by atoms with Crippen LogP contribution in [0.25, 0.3) is 10.2 Å². The maximum absolute atomic E-state index is 13.0. The summed E-state index contributed by atoms with van der Waals surface area (Å²) < 4.78 is 0. The molecule has 2 saturated heterocycles. The highest BCUT2D eigenvalue weighted by atomic mass is 32.1. The first kappa shape index (κ1) is 18.3. The molecule has 0 spiro atoms. The average Bonchev–Trinajstić information content (AvgIpc) is 2.92. The van der Waals surface area contributed by atoms with Crippen LogP contribution in [-0.4, -0.2) is 47.0 Å². The third-order valence-corrected chi connectivity index (χ3v) is 7.99. The van der Waals surface area contributed by atoms with Gasteiger partial charge in [0.15, 0.2) is 0 Å². The molecule has 150 valence electrons. The zero-order valence-electron chi connectivity index (χ0n) is 16.7. The van der Waals surface area contributed by atoms with Crippen LogP contribution < -0.4 is 4.90 Å². The normalized spacial score (nSPS) is 21.6. The van der Waals surface area contributed by atoms with E-state index in [-0.39, 0.29) is 5.92 Å². The van der Waals surface area contributed by atoms with Gasteiger partial charge in [-0.05, 0) is 56.9 Å². The summed E-state index contributed by atoms with van der Waals surface area (Å²) in [6.07, 6.45) is 13.5. The van der Waals surface area contributed by atoms with E-state index in [9.17, 15) is 4.79 Å². The summed E-state index contributed by atoms with van der Waals surface area (Å²) in [5.74, 6) is 1.72. The zero-order chi connectivity index (χ0) is 18.9. The Kier molecular flexibility index (Phi) is 5.22. The second kappa shape index (κ2) is 7.97. The molecule has 3 aliphatic rings. The number of aryl methyl sites for hydroxylation is 2. The van der Waals surface area contributed by atoms with Gasteiger partial charge in [0.2, 0.25) is 5.91 Å². The minimum atomic E-state index is 0.197. The standard InChI is InChI=1S/C22H30N4OS/c27-22(26-11-5-1-2-6-12-26)16-9-13-25(14-10-16)20-19-17-7-3-4-8-18(17)28-21(19)24-15-23-20/h15-16H,1-14H2. The molecule has 5 rings (SSSR count). The Morgan fingerprint density at radius 2 is 1.68 bits per heavy atom. The number of thiophene rings is 1. The molecule has 2 aromatic heterocycles. The molecule has 4 heterocycles. The molecule has 0 radical (unpaired) electrons. The number of hydrogen-bond acceptors (Lipinski definition) is 5. The zero-order valence-corrected chi connectivity index (χ0v) is 17.5. The van der Waals surface area contributed by atoms with Gasteiger partial charge in [0.1, 0.15) is 17.0 Å². The molecule has 1 aliphatic carbocycles. The minimum absolute atomic E-state index is 0.197. The van der Waals surface area contributed by atoms with Gasteiger partial charge in [0.05, 0.1) is 5.39 Å². The van der Waals surface area contributed by atoms with Gasteiger partial charge in [-0.25, -0.2) is 9.97 Å². The number of fused-ring (bicyclic) bond motifs is 3. The number of hydrogen-bond donors (Lipinski definition) is 0. The van der Waals surface area contributed by atoms with Gasteiger partial charge in [0.25, 0.3) is 0 Å². The van der Waals surface area contributed by atoms with Crippen molar-refractivity contribution in [2.75, 3.05) is 31.1 Å². The first-order valence-electron chi connectivity index (χ1n) is 11.1. The van der Waals surface area contributed by atoms with Crippen LogP contribution >= 0.6 is 11.3 Å². The van der Waals surface area contributed by atoms with Gasteiger partial charge >= 0.3 is 0 Å². The van der Waals surface area contributed by atoms with E-state index in [1.165, 1.54) is 67.2 Å². The lowest BCUT2D eigenvalue weighted by Gasteiger charge is -2.35. The fourth-order valence-electron chi connectivity index (χ4n) is 5.20. The highest BCUT2D eigenvalue weighted by Gasteiger charge is 2.31. The summed E-state index contributed by atoms with van der Waals surface area (Å²) in [6.45, 7) is 3.79. The van der Waals surface area contributed by atoms with Crippen molar-refractivity contribution in [2.24, 2.45) is 5.92 Å². The van der Waals surface area contributed by atoms with Crippen molar-refractivity contribution in [1.29, 1.82) is 0 Å². The highest BCUT2D eigenvalue weighted by Crippen LogP contribution is 2.40. The summed E-state index contributed by atoms with van der Waals surface area (Å²) in [6, 6.07) is 0. The SMILES string of the molecule is O=C(C1CCN(c2ncnc3sc4c(c23)CCCC4)CC1)N1CCCCCC1. The van der Waals surface area contributed by atoms with Crippen LogP contribution in [0.2, 0.25) is 0 Å². The third kappa shape index (κ3) is 3.40. The Balaban J connectivity index is 1.32. The van der Waals surface area contributed by atoms with Crippen molar-refractivity contribution < 1.29 is 4.79 Å². The quantitative estimate of drug-likeness (QED) is 0.761. The lowest BCUT2D eigenvalue weighted by Crippen LogP contribution is -2.43. The monoisotopic (exact) mass is 398 g/mol. The van der Waals surface area contributed by atoms with Crippen LogP contribution in [-0.2, 0) is 17.6 Å². The first-order valence-corrected chi connectivity index (χ1v) is 11.9. The van der Waals surface area contributed by atoms with E-state index in [0.717, 1.165) is 49.7 Å². The molecule has 2 aromatic rings. The van der Waals surface area contributed by atoms with Gasteiger partial charge in [-0.3, -0.25) is 4.79 Å². The molecular weight excluding hydrogens is 368 g/mol. The van der Waals surface area contributed by atoms with Crippen LogP contribution in [0.3, 0.4) is 0 Å². The number of anilines is 1. The van der Waals surface area contributed by atoms with Gasteiger partial charge in [0, 0.05) is 37.0 Å². The maximum Gasteiger partial charge on any atom is 0.225 e. The number of piperidine rings is 1. The van der Waals surface area contributed by atoms with E-state index in [1.54, 1.807) is 6.33 Å². The molecule has 0 N–H and O–H groups in total. The molecular formula is C22H30N4OS. The van der Waals surface area contributed by atoms with Crippen molar-refractivity contribution in [1.82, 2.24) is 14.9 Å². The summed E-state index contributed by atoms with van der Waals surface area (Å²) in [5, 5.41) is 1.31. The number of likely N-dealkylation sites (tertiary alicyclic amines) is 1. The molecule has 5 nitrogen and oxygen atoms in total. The predicted molar refractivity (Wildman–Crippen MR) is 114 cm³/mol. The topological polar surface area (TPSA) is 49.3 Å². The molecule has 28 heavy (non-hydrogen) atoms. The summed E-state index contributed by atoms with van der Waals surface area (Å²) >= 11 is 1.87. The summed E-state index contributed by atoms with van der Waals surface area (Å²) in [5.41, 5.74) is 1.50. The third-order valence-electron chi connectivity index (χ3n) is 6.79. The van der Waals surface area contributed by atoms with Crippen LogP contribution in [0.1, 0.15) is 61.8 Å². The number of carbonyl (C=O) groups excluding carboxylic acids is 1. The smallest absolute Gasteiger partial charge is 0.225 e. The predicted octanol–water partition coefficient (Wildman–Crippen LogP) is 4.19. The fraction of sp³-hybridized carbons (Fsp3) is 0.682. The Morgan fingerprint density at radius 1 is 0.929 bits per heavy atom. The lowest BCUT2D eigenvalue weighted by atomic mass is 9.94. The van der Waals surface area contributed by atoms with Gasteiger partial charge < -0.3 is 9.80 Å². The van der Waals surface area contributed by atoms with Gasteiger partial charge in [-0.15, -0.1) is 11.3 Å². The molecule has 6 heteroatoms. The number of aromatic nitrogens is 2. The molecule has 2 fully saturated rings. The average molecular weight is 399 g/mol. The lowest BCUT2D eigenvalue weighted by molar-refractivity contribution is -0.136. The maximum atomic E-state index is 13.0. The Bertz CT molecular complexity index is 848. The van der Waals surface area contributed by atoms with E-state index in [2.05, 4.69) is 14.8 Å². The van der Waals surface area contributed by atoms with E-state index in [0.29, 0.717) is 5.91 Å². The molecule has 2 aliphatic heterocycles. The van der Waals surface area contributed by atoms with E-state index in [4.69, 9.17) is 4.98 Å². The second-order valence-electron chi connectivity index (χ2n) is 8.59. The molecule has 0 unspecified atom stereocenters. The van der Waals surface area contributed by atoms with E-state index in [1.807, 2.05) is 11.3 Å². The molecule has 0 aromatic carbocycles. The minimum Gasteiger partial charge on any atom is -0.356 e. The number of rotatable bonds is 2. The van der Waals surface area contributed by atoms with Crippen LogP contribution in [0.5, 0.6) is 0 Å². The van der Waals surface area contributed by atoms with Gasteiger partial charge in [-0.2, -0.15) is 0 Å². The number of carbonyl (C=O) groups is 1. The fourth-order valence-corrected chi connectivity index (χ4v) is 6.42. The second-order valence-corrected chi connectivity index (χ2v) is 9.67. The van der Waals surface area contributed by atoms with E-state index < -0.39 is 0 Å². The Morgan fingerprint density at radius 3 is 2.46 bits per heavy atom. The van der Waals surface area contributed by atoms with Crippen LogP contribution in [0.15, 0.2) is 6.33 Å². The number of nitrogens with zero attached hydrogens (tertiary/aromatic N) is 4. The Labute approximate surface area is 171 Å². The Hall–Kier alpha value is -1.69. The highest BCUT2D eigenvalue weighted by molar-refractivity contribution is 7.19. The summed E-state index contributed by atoms with van der Waals surface area (Å²) in [7, 11) is 0. The van der Waals surface area contributed by atoms with Crippen LogP contribution in [0.4, 0.5) is 5.82 Å². The largest absolute Gasteiger partial charge is 0.356 e. The summed E-state index contributed by atoms with van der Waals surface area (Å²) in [4.78, 5) is 29.5. The number of amides is 1. The van der Waals surface area contributed by atoms with Crippen molar-refractivity contribution in [3.05, 3.63) is 16.8 Å². The van der Waals surface area contributed by atoms with Crippen LogP contribution in [0, 0.1) is 5.92 Å². The van der Waals surface area contributed by atoms with Crippen molar-refractivity contribution in [3.63, 3.8) is 0 Å². The van der Waals surface area contributed by atoms with Crippen molar-refractivity contribution in [2.45, 2.75) is 64.2 Å². The first-order chi connectivity index (χ1) is 13.8. The molecule has 1 amide bonds. The molecule has 0 saturated carbocycles. The molecule has 0 bridgehead atoms. The van der Waals surface area contributed by atoms with Gasteiger partial charge in [-0.1, -0.05) is 12.8 Å². The van der Waals surface area contributed by atoms with E-state index >= 15 is 0 Å². The van der Waals surface area contributed by atoms with Crippen molar-refractivity contribution in [3.8, 4) is 0 Å².